The van der Waals surface area contributed by atoms with E-state index in [-0.39, 0.29) is 33.8 Å². The molecule has 2 aromatic carbocycles. The molecule has 4 rings (SSSR count). The summed E-state index contributed by atoms with van der Waals surface area (Å²) in [6.45, 7) is 0. The van der Waals surface area contributed by atoms with E-state index < -0.39 is 47.7 Å². The molecule has 0 saturated heterocycles. The van der Waals surface area contributed by atoms with Crippen LogP contribution in [-0.2, 0) is 9.59 Å². The van der Waals surface area contributed by atoms with Gasteiger partial charge in [0, 0.05) is 11.5 Å². The molecule has 2 aliphatic heterocycles. The van der Waals surface area contributed by atoms with Crippen LogP contribution in [0.15, 0.2) is 48.5 Å². The Morgan fingerprint density at radius 3 is 1.12 bits per heavy atom. The van der Waals surface area contributed by atoms with Crippen molar-refractivity contribution in [3.05, 3.63) is 70.8 Å². The molecule has 2 heterocycles. The molecular weight excluding hydrogens is 484 g/mol. The molecular formula is C22H16N2O8S2. The molecule has 2 aromatic rings. The molecule has 0 aromatic heterocycles. The lowest BCUT2D eigenvalue weighted by Crippen LogP contribution is -2.47. The lowest BCUT2D eigenvalue weighted by atomic mass is 10.1. The number of fused-ring (bicyclic) bond motifs is 2. The Kier molecular flexibility index (Phi) is 6.44. The lowest BCUT2D eigenvalue weighted by molar-refractivity contribution is -0.141. The van der Waals surface area contributed by atoms with Gasteiger partial charge in [-0.25, -0.2) is 9.59 Å². The minimum atomic E-state index is -1.48. The Hall–Kier alpha value is -3.64. The number of carbonyl (C=O) groups is 6. The smallest absolute Gasteiger partial charge is 0.327 e. The van der Waals surface area contributed by atoms with Crippen molar-refractivity contribution in [2.75, 3.05) is 11.5 Å². The highest BCUT2D eigenvalue weighted by atomic mass is 33.1. The van der Waals surface area contributed by atoms with Gasteiger partial charge < -0.3 is 10.2 Å². The fourth-order valence-electron chi connectivity index (χ4n) is 3.72. The van der Waals surface area contributed by atoms with Gasteiger partial charge in [0.25, 0.3) is 23.6 Å². The van der Waals surface area contributed by atoms with Crippen LogP contribution in [0.25, 0.3) is 0 Å². The van der Waals surface area contributed by atoms with Gasteiger partial charge in [-0.15, -0.1) is 0 Å². The molecule has 0 aliphatic carbocycles. The molecule has 0 bridgehead atoms. The Morgan fingerprint density at radius 1 is 0.618 bits per heavy atom. The summed E-state index contributed by atoms with van der Waals surface area (Å²) in [5, 5.41) is 19.3. The van der Waals surface area contributed by atoms with Gasteiger partial charge in [-0.2, -0.15) is 0 Å². The third-order valence-corrected chi connectivity index (χ3v) is 7.77. The van der Waals surface area contributed by atoms with E-state index in [9.17, 15) is 39.0 Å². The highest BCUT2D eigenvalue weighted by Crippen LogP contribution is 2.32. The van der Waals surface area contributed by atoms with Gasteiger partial charge >= 0.3 is 11.9 Å². The van der Waals surface area contributed by atoms with Crippen molar-refractivity contribution in [1.29, 1.82) is 0 Å². The molecule has 0 spiro atoms. The van der Waals surface area contributed by atoms with Crippen molar-refractivity contribution in [3.8, 4) is 0 Å². The summed E-state index contributed by atoms with van der Waals surface area (Å²) in [5.41, 5.74) is 0.474. The number of amides is 4. The molecule has 4 amide bonds. The van der Waals surface area contributed by atoms with Crippen LogP contribution in [0.1, 0.15) is 41.4 Å². The summed E-state index contributed by atoms with van der Waals surface area (Å²) in [7, 11) is 1.85. The van der Waals surface area contributed by atoms with E-state index in [0.717, 1.165) is 21.6 Å². The number of hydrogen-bond acceptors (Lipinski definition) is 8. The first-order valence-electron chi connectivity index (χ1n) is 9.88. The van der Waals surface area contributed by atoms with Crippen molar-refractivity contribution in [3.63, 3.8) is 0 Å². The van der Waals surface area contributed by atoms with Crippen LogP contribution in [0.2, 0.25) is 0 Å². The molecule has 0 unspecified atom stereocenters. The van der Waals surface area contributed by atoms with E-state index in [0.29, 0.717) is 9.80 Å². The van der Waals surface area contributed by atoms with Gasteiger partial charge in [-0.05, 0) is 24.3 Å². The molecule has 12 heteroatoms. The fourth-order valence-corrected chi connectivity index (χ4v) is 6.10. The number of rotatable bonds is 9. The van der Waals surface area contributed by atoms with E-state index in [1.807, 2.05) is 0 Å². The van der Waals surface area contributed by atoms with Gasteiger partial charge in [-0.3, -0.25) is 29.0 Å². The first-order chi connectivity index (χ1) is 16.2. The zero-order valence-electron chi connectivity index (χ0n) is 17.2. The summed E-state index contributed by atoms with van der Waals surface area (Å²) in [6, 6.07) is 9.08. The summed E-state index contributed by atoms with van der Waals surface area (Å²) < 4.78 is 0. The van der Waals surface area contributed by atoms with Gasteiger partial charge in [-0.1, -0.05) is 45.9 Å². The Balaban J connectivity index is 1.42. The van der Waals surface area contributed by atoms with Crippen molar-refractivity contribution >= 4 is 57.2 Å². The number of carboxylic acids is 2. The number of carbonyl (C=O) groups excluding carboxylic acids is 4. The van der Waals surface area contributed by atoms with Gasteiger partial charge in [0.2, 0.25) is 0 Å². The average molecular weight is 501 g/mol. The number of benzene rings is 2. The zero-order chi connectivity index (χ0) is 24.6. The quantitative estimate of drug-likeness (QED) is 0.297. The monoisotopic (exact) mass is 500 g/mol. The maximum Gasteiger partial charge on any atom is 0.327 e. The molecule has 2 atom stereocenters. The van der Waals surface area contributed by atoms with Gasteiger partial charge in [0.15, 0.2) is 0 Å². The second kappa shape index (κ2) is 9.31. The molecule has 174 valence electrons. The number of hydrogen-bond donors (Lipinski definition) is 2. The van der Waals surface area contributed by atoms with E-state index in [1.54, 1.807) is 24.3 Å². The van der Waals surface area contributed by atoms with Crippen LogP contribution in [0, 0.1) is 0 Å². The first-order valence-corrected chi connectivity index (χ1v) is 12.4. The predicted octanol–water partition coefficient (Wildman–Crippen LogP) is 1.87. The van der Waals surface area contributed by atoms with E-state index in [4.69, 9.17) is 0 Å². The van der Waals surface area contributed by atoms with Crippen LogP contribution in [0.3, 0.4) is 0 Å². The number of nitrogens with zero attached hydrogens (tertiary/aromatic N) is 2. The van der Waals surface area contributed by atoms with Crippen molar-refractivity contribution in [2.24, 2.45) is 0 Å². The maximum atomic E-state index is 12.6. The van der Waals surface area contributed by atoms with Crippen molar-refractivity contribution < 1.29 is 39.0 Å². The van der Waals surface area contributed by atoms with Crippen LogP contribution in [-0.4, -0.2) is 79.2 Å². The molecule has 2 N–H and O–H groups in total. The number of carboxylic acid groups (broad SMARTS) is 2. The summed E-state index contributed by atoms with van der Waals surface area (Å²) in [4.78, 5) is 75.4. The Labute approximate surface area is 200 Å². The highest BCUT2D eigenvalue weighted by Gasteiger charge is 2.44. The SMILES string of the molecule is O=C(O)[C@@H](CSSC[C@H](C(=O)O)N1C(=O)c2ccccc2C1=O)N1C(=O)c2ccccc2C1=O. The van der Waals surface area contributed by atoms with E-state index >= 15 is 0 Å². The second-order valence-corrected chi connectivity index (χ2v) is 9.88. The number of imide groups is 2. The molecule has 10 nitrogen and oxygen atoms in total. The predicted molar refractivity (Wildman–Crippen MR) is 122 cm³/mol. The molecule has 0 saturated carbocycles. The number of aliphatic carboxylic acids is 2. The third kappa shape index (κ3) is 3.94. The summed E-state index contributed by atoms with van der Waals surface area (Å²) >= 11 is 0. The zero-order valence-corrected chi connectivity index (χ0v) is 18.9. The highest BCUT2D eigenvalue weighted by molar-refractivity contribution is 8.76. The Bertz CT molecular complexity index is 1080. The topological polar surface area (TPSA) is 149 Å². The maximum absolute atomic E-state index is 12.6. The van der Waals surface area contributed by atoms with Crippen molar-refractivity contribution in [2.45, 2.75) is 12.1 Å². The molecule has 0 fully saturated rings. The van der Waals surface area contributed by atoms with E-state index in [1.165, 1.54) is 24.3 Å². The third-order valence-electron chi connectivity index (χ3n) is 5.38. The molecule has 34 heavy (non-hydrogen) atoms. The normalized spacial score (nSPS) is 16.5. The lowest BCUT2D eigenvalue weighted by Gasteiger charge is -2.23. The minimum absolute atomic E-state index is 0.118. The largest absolute Gasteiger partial charge is 0.480 e. The summed E-state index contributed by atoms with van der Waals surface area (Å²) in [5.74, 6) is -6.09. The van der Waals surface area contributed by atoms with Crippen LogP contribution in [0.5, 0.6) is 0 Å². The molecule has 0 radical (unpaired) electrons. The van der Waals surface area contributed by atoms with Gasteiger partial charge in [0.1, 0.15) is 12.1 Å². The molecule has 2 aliphatic rings. The Morgan fingerprint density at radius 2 is 0.882 bits per heavy atom. The van der Waals surface area contributed by atoms with Crippen molar-refractivity contribution in [1.82, 2.24) is 9.80 Å². The van der Waals surface area contributed by atoms with Crippen LogP contribution < -0.4 is 0 Å². The fraction of sp³-hybridized carbons (Fsp3) is 0.182. The second-order valence-electron chi connectivity index (χ2n) is 7.33. The van der Waals surface area contributed by atoms with Crippen LogP contribution in [0.4, 0.5) is 0 Å². The summed E-state index contributed by atoms with van der Waals surface area (Å²) in [6.07, 6.45) is 0. The minimum Gasteiger partial charge on any atom is -0.480 e. The van der Waals surface area contributed by atoms with Gasteiger partial charge in [0.05, 0.1) is 22.3 Å². The standard InChI is InChI=1S/C22H16N2O8S2/c25-17-11-5-1-2-6-12(11)18(26)23(17)15(21(29)30)9-33-34-10-16(22(31)32)24-19(27)13-7-3-4-8-14(13)20(24)28/h1-8,15-16H,9-10H2,(H,29,30)(H,31,32)/t15-,16-/m1/s1. The van der Waals surface area contributed by atoms with Crippen LogP contribution >= 0.6 is 21.6 Å². The first kappa shape index (κ1) is 23.5. The van der Waals surface area contributed by atoms with E-state index in [2.05, 4.69) is 0 Å². The average Bonchev–Trinajstić information content (AvgIpc) is 3.21.